The van der Waals surface area contributed by atoms with E-state index in [4.69, 9.17) is 0 Å². The molecule has 25 heavy (non-hydrogen) atoms. The predicted octanol–water partition coefficient (Wildman–Crippen LogP) is 2.70. The highest BCUT2D eigenvalue weighted by Crippen LogP contribution is 2.16. The molecule has 0 unspecified atom stereocenters. The van der Waals surface area contributed by atoms with Crippen LogP contribution in [0.15, 0.2) is 60.7 Å². The van der Waals surface area contributed by atoms with Crippen LogP contribution in [0.3, 0.4) is 0 Å². The third-order valence-corrected chi connectivity index (χ3v) is 3.89. The molecule has 0 aliphatic heterocycles. The van der Waals surface area contributed by atoms with Crippen molar-refractivity contribution in [1.82, 2.24) is 15.6 Å². The Labute approximate surface area is 146 Å². The Balaban J connectivity index is 1.56. The Kier molecular flexibility index (Phi) is 5.04. The predicted molar refractivity (Wildman–Crippen MR) is 97.6 cm³/mol. The molecular weight excluding hydrogens is 314 g/mol. The zero-order valence-corrected chi connectivity index (χ0v) is 14.0. The molecule has 0 radical (unpaired) electrons. The number of aromatic nitrogens is 1. The van der Waals surface area contributed by atoms with Crippen LogP contribution < -0.4 is 10.6 Å². The Morgan fingerprint density at radius 1 is 0.880 bits per heavy atom. The first kappa shape index (κ1) is 16.6. The monoisotopic (exact) mass is 333 g/mol. The van der Waals surface area contributed by atoms with E-state index in [0.29, 0.717) is 29.9 Å². The first-order valence-electron chi connectivity index (χ1n) is 8.13. The van der Waals surface area contributed by atoms with Gasteiger partial charge in [0.2, 0.25) is 0 Å². The van der Waals surface area contributed by atoms with Crippen LogP contribution >= 0.6 is 0 Å². The molecule has 0 saturated heterocycles. The van der Waals surface area contributed by atoms with E-state index in [2.05, 4.69) is 15.6 Å². The van der Waals surface area contributed by atoms with Gasteiger partial charge < -0.3 is 10.6 Å². The number of pyridine rings is 1. The van der Waals surface area contributed by atoms with E-state index in [-0.39, 0.29) is 11.8 Å². The number of carbonyl (C=O) groups excluding carboxylic acids is 2. The van der Waals surface area contributed by atoms with Crippen molar-refractivity contribution in [2.24, 2.45) is 0 Å². The van der Waals surface area contributed by atoms with Crippen LogP contribution in [0, 0.1) is 6.92 Å². The van der Waals surface area contributed by atoms with E-state index in [1.165, 1.54) is 0 Å². The average molecular weight is 333 g/mol. The fourth-order valence-electron chi connectivity index (χ4n) is 2.58. The SMILES string of the molecule is Cc1nc2ccccc2cc1C(=O)NCCNC(=O)c1ccccc1. The van der Waals surface area contributed by atoms with E-state index >= 15 is 0 Å². The number of amides is 2. The molecule has 1 aromatic heterocycles. The van der Waals surface area contributed by atoms with Crippen molar-refractivity contribution < 1.29 is 9.59 Å². The number of benzene rings is 2. The number of rotatable bonds is 5. The molecular formula is C20H19N3O2. The second kappa shape index (κ2) is 7.57. The Bertz CT molecular complexity index is 907. The van der Waals surface area contributed by atoms with Gasteiger partial charge in [0.15, 0.2) is 0 Å². The maximum absolute atomic E-state index is 12.4. The van der Waals surface area contributed by atoms with Crippen molar-refractivity contribution >= 4 is 22.7 Å². The Hall–Kier alpha value is -3.21. The van der Waals surface area contributed by atoms with E-state index in [0.717, 1.165) is 10.9 Å². The summed E-state index contributed by atoms with van der Waals surface area (Å²) >= 11 is 0. The highest BCUT2D eigenvalue weighted by atomic mass is 16.2. The minimum Gasteiger partial charge on any atom is -0.350 e. The third kappa shape index (κ3) is 4.01. The van der Waals surface area contributed by atoms with Gasteiger partial charge in [-0.15, -0.1) is 0 Å². The molecule has 0 atom stereocenters. The van der Waals surface area contributed by atoms with Crippen LogP contribution in [0.25, 0.3) is 10.9 Å². The summed E-state index contributed by atoms with van der Waals surface area (Å²) in [4.78, 5) is 28.7. The van der Waals surface area contributed by atoms with E-state index in [1.807, 2.05) is 55.5 Å². The molecule has 2 aromatic carbocycles. The van der Waals surface area contributed by atoms with Gasteiger partial charge in [0.25, 0.3) is 11.8 Å². The van der Waals surface area contributed by atoms with Gasteiger partial charge in [-0.2, -0.15) is 0 Å². The molecule has 3 rings (SSSR count). The average Bonchev–Trinajstić information content (AvgIpc) is 2.65. The zero-order valence-electron chi connectivity index (χ0n) is 14.0. The highest BCUT2D eigenvalue weighted by Gasteiger charge is 2.11. The van der Waals surface area contributed by atoms with Crippen molar-refractivity contribution in [2.75, 3.05) is 13.1 Å². The number of nitrogens with zero attached hydrogens (tertiary/aromatic N) is 1. The summed E-state index contributed by atoms with van der Waals surface area (Å²) in [7, 11) is 0. The second-order valence-electron chi connectivity index (χ2n) is 5.69. The summed E-state index contributed by atoms with van der Waals surface area (Å²) in [5, 5.41) is 6.52. The molecule has 2 amide bonds. The topological polar surface area (TPSA) is 71.1 Å². The van der Waals surface area contributed by atoms with Crippen molar-refractivity contribution in [3.63, 3.8) is 0 Å². The lowest BCUT2D eigenvalue weighted by Gasteiger charge is -2.09. The summed E-state index contributed by atoms with van der Waals surface area (Å²) in [6, 6.07) is 18.5. The fourth-order valence-corrected chi connectivity index (χ4v) is 2.58. The molecule has 0 bridgehead atoms. The quantitative estimate of drug-likeness (QED) is 0.705. The van der Waals surface area contributed by atoms with Crippen LogP contribution in [0.5, 0.6) is 0 Å². The molecule has 0 aliphatic rings. The van der Waals surface area contributed by atoms with Crippen LogP contribution in [-0.2, 0) is 0 Å². The largest absolute Gasteiger partial charge is 0.350 e. The van der Waals surface area contributed by atoms with Gasteiger partial charge >= 0.3 is 0 Å². The van der Waals surface area contributed by atoms with E-state index in [9.17, 15) is 9.59 Å². The van der Waals surface area contributed by atoms with E-state index in [1.54, 1.807) is 12.1 Å². The molecule has 2 N–H and O–H groups in total. The normalized spacial score (nSPS) is 10.4. The summed E-state index contributed by atoms with van der Waals surface area (Å²) in [6.07, 6.45) is 0. The number of fused-ring (bicyclic) bond motifs is 1. The zero-order chi connectivity index (χ0) is 17.6. The van der Waals surface area contributed by atoms with Gasteiger partial charge in [-0.3, -0.25) is 14.6 Å². The van der Waals surface area contributed by atoms with Gasteiger partial charge in [0.1, 0.15) is 0 Å². The van der Waals surface area contributed by atoms with Crippen molar-refractivity contribution in [3.8, 4) is 0 Å². The van der Waals surface area contributed by atoms with Gasteiger partial charge in [0, 0.05) is 24.0 Å². The molecule has 0 fully saturated rings. The number of hydrogen-bond donors (Lipinski definition) is 2. The molecule has 5 nitrogen and oxygen atoms in total. The van der Waals surface area contributed by atoms with Gasteiger partial charge in [-0.1, -0.05) is 36.4 Å². The minimum absolute atomic E-state index is 0.154. The number of carbonyl (C=O) groups is 2. The molecule has 0 spiro atoms. The number of hydrogen-bond acceptors (Lipinski definition) is 3. The third-order valence-electron chi connectivity index (χ3n) is 3.89. The van der Waals surface area contributed by atoms with E-state index < -0.39 is 0 Å². The number of para-hydroxylation sites is 1. The van der Waals surface area contributed by atoms with Crippen molar-refractivity contribution in [2.45, 2.75) is 6.92 Å². The number of nitrogens with one attached hydrogen (secondary N) is 2. The van der Waals surface area contributed by atoms with Crippen LogP contribution in [0.1, 0.15) is 26.4 Å². The molecule has 0 aliphatic carbocycles. The maximum Gasteiger partial charge on any atom is 0.253 e. The minimum atomic E-state index is -0.190. The maximum atomic E-state index is 12.4. The summed E-state index contributed by atoms with van der Waals surface area (Å²) in [5.41, 5.74) is 2.70. The smallest absolute Gasteiger partial charge is 0.253 e. The second-order valence-corrected chi connectivity index (χ2v) is 5.69. The molecule has 5 heteroatoms. The lowest BCUT2D eigenvalue weighted by molar-refractivity contribution is 0.0927. The first-order chi connectivity index (χ1) is 12.1. The fraction of sp³-hybridized carbons (Fsp3) is 0.150. The van der Waals surface area contributed by atoms with Gasteiger partial charge in [0.05, 0.1) is 16.8 Å². The number of aryl methyl sites for hydroxylation is 1. The van der Waals surface area contributed by atoms with Gasteiger partial charge in [-0.05, 0) is 31.2 Å². The van der Waals surface area contributed by atoms with Crippen LogP contribution in [-0.4, -0.2) is 29.9 Å². The summed E-state index contributed by atoms with van der Waals surface area (Å²) in [5.74, 6) is -0.344. The Morgan fingerprint density at radius 3 is 2.28 bits per heavy atom. The van der Waals surface area contributed by atoms with Crippen molar-refractivity contribution in [1.29, 1.82) is 0 Å². The lowest BCUT2D eigenvalue weighted by atomic mass is 10.1. The molecule has 1 heterocycles. The molecule has 126 valence electrons. The molecule has 3 aromatic rings. The first-order valence-corrected chi connectivity index (χ1v) is 8.13. The highest BCUT2D eigenvalue weighted by molar-refractivity contribution is 5.98. The molecule has 0 saturated carbocycles. The summed E-state index contributed by atoms with van der Waals surface area (Å²) < 4.78 is 0. The van der Waals surface area contributed by atoms with Crippen LogP contribution in [0.4, 0.5) is 0 Å². The van der Waals surface area contributed by atoms with Crippen LogP contribution in [0.2, 0.25) is 0 Å². The summed E-state index contributed by atoms with van der Waals surface area (Å²) in [6.45, 7) is 2.53. The lowest BCUT2D eigenvalue weighted by Crippen LogP contribution is -2.35. The standard InChI is InChI=1S/C20H19N3O2/c1-14-17(13-16-9-5-6-10-18(16)23-14)20(25)22-12-11-21-19(24)15-7-3-2-4-8-15/h2-10,13H,11-12H2,1H3,(H,21,24)(H,22,25). The van der Waals surface area contributed by atoms with Crippen molar-refractivity contribution in [3.05, 3.63) is 77.5 Å². The Morgan fingerprint density at radius 2 is 1.52 bits per heavy atom. The van der Waals surface area contributed by atoms with Gasteiger partial charge in [-0.25, -0.2) is 0 Å².